The molecular weight excluding hydrogens is 272 g/mol. The molecule has 1 aromatic carbocycles. The van der Waals surface area contributed by atoms with E-state index in [1.165, 1.54) is 4.31 Å². The number of benzene rings is 1. The first-order chi connectivity index (χ1) is 9.43. The van der Waals surface area contributed by atoms with E-state index < -0.39 is 10.0 Å². The van der Waals surface area contributed by atoms with Crippen LogP contribution < -0.4 is 5.32 Å². The monoisotopic (exact) mass is 298 g/mol. The van der Waals surface area contributed by atoms with Gasteiger partial charge in [0.25, 0.3) is 0 Å². The molecule has 1 atom stereocenters. The summed E-state index contributed by atoms with van der Waals surface area (Å²) in [5.41, 5.74) is 0.824. The molecule has 5 heteroatoms. The van der Waals surface area contributed by atoms with Gasteiger partial charge in [-0.1, -0.05) is 45.4 Å². The van der Waals surface area contributed by atoms with Gasteiger partial charge in [-0.3, -0.25) is 0 Å². The van der Waals surface area contributed by atoms with Crippen molar-refractivity contribution < 1.29 is 8.42 Å². The van der Waals surface area contributed by atoms with Crippen LogP contribution in [0.5, 0.6) is 0 Å². The first kappa shape index (κ1) is 17.1. The Morgan fingerprint density at radius 2 is 1.90 bits per heavy atom. The van der Waals surface area contributed by atoms with Crippen LogP contribution in [0.3, 0.4) is 0 Å². The van der Waals surface area contributed by atoms with Crippen LogP contribution in [0.25, 0.3) is 0 Å². The van der Waals surface area contributed by atoms with Crippen molar-refractivity contribution in [1.29, 1.82) is 0 Å². The highest BCUT2D eigenvalue weighted by atomic mass is 32.2. The summed E-state index contributed by atoms with van der Waals surface area (Å²) in [6, 6.07) is 7.21. The van der Waals surface area contributed by atoms with Gasteiger partial charge in [-0.25, -0.2) is 12.7 Å². The first-order valence-corrected chi connectivity index (χ1v) is 8.62. The molecular formula is C15H26N2O2S. The van der Waals surface area contributed by atoms with Crippen molar-refractivity contribution in [2.75, 3.05) is 20.1 Å². The quantitative estimate of drug-likeness (QED) is 0.802. The third kappa shape index (κ3) is 4.30. The maximum absolute atomic E-state index is 12.7. The number of nitrogens with one attached hydrogen (secondary N) is 1. The molecule has 0 saturated heterocycles. The number of rotatable bonds is 8. The Hall–Kier alpha value is -0.910. The fourth-order valence-corrected chi connectivity index (χ4v) is 3.50. The molecule has 0 aliphatic carbocycles. The molecule has 1 unspecified atom stereocenters. The largest absolute Gasteiger partial charge is 0.313 e. The Bertz CT molecular complexity index is 514. The van der Waals surface area contributed by atoms with Gasteiger partial charge >= 0.3 is 0 Å². The second kappa shape index (κ2) is 7.76. The number of sulfonamides is 1. The van der Waals surface area contributed by atoms with Crippen LogP contribution in [0.4, 0.5) is 0 Å². The van der Waals surface area contributed by atoms with E-state index in [0.717, 1.165) is 18.5 Å². The van der Waals surface area contributed by atoms with Crippen LogP contribution in [0.15, 0.2) is 29.2 Å². The fraction of sp³-hybridized carbons (Fsp3) is 0.600. The van der Waals surface area contributed by atoms with Crippen LogP contribution in [0, 0.1) is 5.92 Å². The molecule has 0 bridgehead atoms. The Morgan fingerprint density at radius 1 is 1.25 bits per heavy atom. The van der Waals surface area contributed by atoms with Gasteiger partial charge < -0.3 is 5.32 Å². The second-order valence-corrected chi connectivity index (χ2v) is 7.20. The lowest BCUT2D eigenvalue weighted by Gasteiger charge is -2.22. The van der Waals surface area contributed by atoms with Crippen molar-refractivity contribution in [3.8, 4) is 0 Å². The molecule has 0 heterocycles. The zero-order chi connectivity index (χ0) is 15.2. The van der Waals surface area contributed by atoms with Gasteiger partial charge in [-0.2, -0.15) is 0 Å². The average molecular weight is 298 g/mol. The smallest absolute Gasteiger partial charge is 0.243 e. The first-order valence-electron chi connectivity index (χ1n) is 7.18. The van der Waals surface area contributed by atoms with Crippen molar-refractivity contribution in [2.45, 2.75) is 38.6 Å². The SMILES string of the molecule is CCNCc1ccccc1S(=O)(=O)N(C)CC(C)CC. The summed E-state index contributed by atoms with van der Waals surface area (Å²) in [4.78, 5) is 0.409. The minimum atomic E-state index is -3.41. The standard InChI is InChI=1S/C15H26N2O2S/c1-5-13(3)12-17(4)20(18,19)15-10-8-7-9-14(15)11-16-6-2/h7-10,13,16H,5-6,11-12H2,1-4H3. The van der Waals surface area contributed by atoms with Crippen molar-refractivity contribution in [3.05, 3.63) is 29.8 Å². The van der Waals surface area contributed by atoms with Crippen molar-refractivity contribution in [3.63, 3.8) is 0 Å². The lowest BCUT2D eigenvalue weighted by Crippen LogP contribution is -2.32. The predicted octanol–water partition coefficient (Wildman–Crippen LogP) is 2.46. The van der Waals surface area contributed by atoms with Gasteiger partial charge in [-0.15, -0.1) is 0 Å². The van der Waals surface area contributed by atoms with Crippen molar-refractivity contribution in [2.24, 2.45) is 5.92 Å². The summed E-state index contributed by atoms with van der Waals surface area (Å²) in [7, 11) is -1.75. The molecule has 20 heavy (non-hydrogen) atoms. The molecule has 0 aliphatic rings. The number of nitrogens with zero attached hydrogens (tertiary/aromatic N) is 1. The summed E-state index contributed by atoms with van der Waals surface area (Å²) in [5, 5.41) is 3.18. The van der Waals surface area contributed by atoms with Crippen LogP contribution in [-0.2, 0) is 16.6 Å². The highest BCUT2D eigenvalue weighted by molar-refractivity contribution is 7.89. The summed E-state index contributed by atoms with van der Waals surface area (Å²) < 4.78 is 26.8. The third-order valence-electron chi connectivity index (χ3n) is 3.49. The number of hydrogen-bond acceptors (Lipinski definition) is 3. The normalized spacial score (nSPS) is 13.7. The van der Waals surface area contributed by atoms with E-state index in [4.69, 9.17) is 0 Å². The van der Waals surface area contributed by atoms with Crippen molar-refractivity contribution in [1.82, 2.24) is 9.62 Å². The Balaban J connectivity index is 3.02. The van der Waals surface area contributed by atoms with E-state index in [1.807, 2.05) is 19.1 Å². The molecule has 0 fully saturated rings. The summed E-state index contributed by atoms with van der Waals surface area (Å²) >= 11 is 0. The van der Waals surface area contributed by atoms with E-state index in [0.29, 0.717) is 23.9 Å². The summed E-state index contributed by atoms with van der Waals surface area (Å²) in [6.07, 6.45) is 0.971. The Kier molecular flexibility index (Phi) is 6.65. The molecule has 1 rings (SSSR count). The minimum Gasteiger partial charge on any atom is -0.313 e. The molecule has 0 spiro atoms. The highest BCUT2D eigenvalue weighted by Gasteiger charge is 2.24. The van der Waals surface area contributed by atoms with Crippen molar-refractivity contribution >= 4 is 10.0 Å². The Labute approximate surface area is 123 Å². The molecule has 0 saturated carbocycles. The molecule has 1 aromatic rings. The van der Waals surface area contributed by atoms with E-state index >= 15 is 0 Å². The van der Waals surface area contributed by atoms with E-state index in [9.17, 15) is 8.42 Å². The molecule has 114 valence electrons. The van der Waals surface area contributed by atoms with Gasteiger partial charge in [0, 0.05) is 20.1 Å². The second-order valence-electron chi connectivity index (χ2n) is 5.19. The molecule has 0 radical (unpaired) electrons. The van der Waals surface area contributed by atoms with Crippen LogP contribution in [0.2, 0.25) is 0 Å². The van der Waals surface area contributed by atoms with E-state index in [-0.39, 0.29) is 0 Å². The highest BCUT2D eigenvalue weighted by Crippen LogP contribution is 2.20. The van der Waals surface area contributed by atoms with Crippen LogP contribution in [-0.4, -0.2) is 32.9 Å². The average Bonchev–Trinajstić information content (AvgIpc) is 2.45. The topological polar surface area (TPSA) is 49.4 Å². The van der Waals surface area contributed by atoms with Gasteiger partial charge in [0.05, 0.1) is 4.90 Å². The minimum absolute atomic E-state index is 0.357. The summed E-state index contributed by atoms with van der Waals surface area (Å²) in [6.45, 7) is 8.08. The van der Waals surface area contributed by atoms with E-state index in [1.54, 1.807) is 19.2 Å². The van der Waals surface area contributed by atoms with Gasteiger partial charge in [0.2, 0.25) is 10.0 Å². The van der Waals surface area contributed by atoms with Crippen LogP contribution >= 0.6 is 0 Å². The third-order valence-corrected chi connectivity index (χ3v) is 5.42. The number of hydrogen-bond donors (Lipinski definition) is 1. The molecule has 4 nitrogen and oxygen atoms in total. The van der Waals surface area contributed by atoms with Gasteiger partial charge in [-0.05, 0) is 24.1 Å². The maximum Gasteiger partial charge on any atom is 0.243 e. The zero-order valence-electron chi connectivity index (χ0n) is 12.9. The molecule has 0 amide bonds. The predicted molar refractivity (Wildman–Crippen MR) is 83.1 cm³/mol. The van der Waals surface area contributed by atoms with Gasteiger partial charge in [0.15, 0.2) is 0 Å². The lowest BCUT2D eigenvalue weighted by atomic mass is 10.1. The molecule has 1 N–H and O–H groups in total. The maximum atomic E-state index is 12.7. The van der Waals surface area contributed by atoms with Crippen LogP contribution in [0.1, 0.15) is 32.8 Å². The summed E-state index contributed by atoms with van der Waals surface area (Å²) in [5.74, 6) is 0.357. The fourth-order valence-electron chi connectivity index (χ4n) is 2.00. The Morgan fingerprint density at radius 3 is 2.50 bits per heavy atom. The zero-order valence-corrected chi connectivity index (χ0v) is 13.7. The van der Waals surface area contributed by atoms with Gasteiger partial charge in [0.1, 0.15) is 0 Å². The molecule has 0 aliphatic heterocycles. The van der Waals surface area contributed by atoms with E-state index in [2.05, 4.69) is 19.2 Å². The lowest BCUT2D eigenvalue weighted by molar-refractivity contribution is 0.393. The molecule has 0 aromatic heterocycles.